The number of aliphatic imine (C=N–C) groups is 2. The molecule has 0 amide bonds. The van der Waals surface area contributed by atoms with E-state index >= 15 is 0 Å². The van der Waals surface area contributed by atoms with Crippen LogP contribution in [0.25, 0.3) is 0 Å². The average molecular weight is 247 g/mol. The molecule has 0 saturated heterocycles. The van der Waals surface area contributed by atoms with Crippen LogP contribution in [0.2, 0.25) is 0 Å². The number of guanidine groups is 1. The summed E-state index contributed by atoms with van der Waals surface area (Å²) in [5.41, 5.74) is 9.64. The number of allylic oxidation sites excluding steroid dienone is 3. The lowest BCUT2D eigenvalue weighted by Gasteiger charge is -2.13. The van der Waals surface area contributed by atoms with Gasteiger partial charge in [-0.05, 0) is 37.7 Å². The monoisotopic (exact) mass is 247 g/mol. The molecule has 0 radical (unpaired) electrons. The lowest BCUT2D eigenvalue weighted by Crippen LogP contribution is -2.15. The van der Waals surface area contributed by atoms with Gasteiger partial charge in [0.15, 0.2) is 0 Å². The van der Waals surface area contributed by atoms with E-state index in [1.54, 1.807) is 0 Å². The van der Waals surface area contributed by atoms with Crippen LogP contribution in [0.4, 0.5) is 0 Å². The zero-order valence-electron chi connectivity index (χ0n) is 12.0. The summed E-state index contributed by atoms with van der Waals surface area (Å²) in [6.07, 6.45) is 7.45. The van der Waals surface area contributed by atoms with Crippen LogP contribution in [0.1, 0.15) is 47.0 Å². The Morgan fingerprint density at radius 1 is 1.50 bits per heavy atom. The molecule has 1 rings (SSSR count). The normalized spacial score (nSPS) is 20.7. The van der Waals surface area contributed by atoms with Crippen LogP contribution in [0, 0.1) is 5.92 Å². The summed E-state index contributed by atoms with van der Waals surface area (Å²) >= 11 is 0. The number of nitrogens with zero attached hydrogens (tertiary/aromatic N) is 2. The molecule has 0 fully saturated rings. The van der Waals surface area contributed by atoms with E-state index in [1.165, 1.54) is 23.1 Å². The van der Waals surface area contributed by atoms with Crippen LogP contribution in [0.5, 0.6) is 0 Å². The zero-order chi connectivity index (χ0) is 13.5. The van der Waals surface area contributed by atoms with Gasteiger partial charge in [-0.3, -0.25) is 0 Å². The molecule has 1 aliphatic rings. The maximum Gasteiger partial charge on any atom is 0.215 e. The molecule has 1 atom stereocenters. The second-order valence-corrected chi connectivity index (χ2v) is 4.88. The predicted molar refractivity (Wildman–Crippen MR) is 80.1 cm³/mol. The highest BCUT2D eigenvalue weighted by molar-refractivity contribution is 5.95. The van der Waals surface area contributed by atoms with Crippen LogP contribution < -0.4 is 5.73 Å². The molecule has 2 N–H and O–H groups in total. The molecule has 0 aromatic heterocycles. The van der Waals surface area contributed by atoms with E-state index < -0.39 is 0 Å². The highest BCUT2D eigenvalue weighted by atomic mass is 15.0. The van der Waals surface area contributed by atoms with Gasteiger partial charge in [0.05, 0.1) is 6.54 Å². The molecule has 0 saturated carbocycles. The summed E-state index contributed by atoms with van der Waals surface area (Å²) in [6.45, 7) is 9.58. The van der Waals surface area contributed by atoms with Gasteiger partial charge in [0.2, 0.25) is 5.96 Å². The van der Waals surface area contributed by atoms with E-state index in [2.05, 4.69) is 43.8 Å². The lowest BCUT2D eigenvalue weighted by atomic mass is 9.96. The first-order valence-corrected chi connectivity index (χ1v) is 6.80. The Labute approximate surface area is 111 Å². The third kappa shape index (κ3) is 4.13. The van der Waals surface area contributed by atoms with Crippen molar-refractivity contribution in [2.24, 2.45) is 21.6 Å². The fourth-order valence-electron chi connectivity index (χ4n) is 1.90. The number of nitrogens with two attached hydrogens (primary N) is 1. The maximum atomic E-state index is 5.54. The quantitative estimate of drug-likeness (QED) is 0.743. The smallest absolute Gasteiger partial charge is 0.215 e. The van der Waals surface area contributed by atoms with Crippen LogP contribution in [0.15, 0.2) is 32.8 Å². The molecule has 0 spiro atoms. The minimum Gasteiger partial charge on any atom is -0.368 e. The van der Waals surface area contributed by atoms with E-state index in [0.29, 0.717) is 18.4 Å². The summed E-state index contributed by atoms with van der Waals surface area (Å²) in [6, 6.07) is 0. The van der Waals surface area contributed by atoms with Crippen molar-refractivity contribution >= 4 is 12.2 Å². The van der Waals surface area contributed by atoms with E-state index in [4.69, 9.17) is 5.73 Å². The Kier molecular flexibility index (Phi) is 5.83. The van der Waals surface area contributed by atoms with Crippen molar-refractivity contribution in [3.8, 4) is 0 Å². The van der Waals surface area contributed by atoms with Crippen molar-refractivity contribution in [1.29, 1.82) is 0 Å². The standard InChI is InChI=1S/C15H25N3/c1-5-11(3)12(4)7-8-13(6-2)14-9-17-15(16)18-10-14/h7,9,11H,5-6,8,10H2,1-4H3,(H2,16,18)/b12-7?,14-13+. The fraction of sp³-hybridized carbons (Fsp3) is 0.600. The van der Waals surface area contributed by atoms with Gasteiger partial charge in [0.25, 0.3) is 0 Å². The van der Waals surface area contributed by atoms with Gasteiger partial charge in [0.1, 0.15) is 0 Å². The van der Waals surface area contributed by atoms with Crippen LogP contribution in [0.3, 0.4) is 0 Å². The van der Waals surface area contributed by atoms with Crippen LogP contribution in [-0.4, -0.2) is 18.7 Å². The third-order valence-electron chi connectivity index (χ3n) is 3.71. The molecule has 3 heteroatoms. The molecule has 0 aromatic rings. The van der Waals surface area contributed by atoms with Gasteiger partial charge in [-0.1, -0.05) is 38.0 Å². The van der Waals surface area contributed by atoms with Gasteiger partial charge in [-0.15, -0.1) is 0 Å². The topological polar surface area (TPSA) is 50.7 Å². The first-order chi connectivity index (χ1) is 8.58. The van der Waals surface area contributed by atoms with Crippen LogP contribution >= 0.6 is 0 Å². The average Bonchev–Trinajstić information content (AvgIpc) is 2.40. The molecule has 3 nitrogen and oxygen atoms in total. The maximum absolute atomic E-state index is 5.54. The molecule has 0 aliphatic carbocycles. The predicted octanol–water partition coefficient (Wildman–Crippen LogP) is 3.47. The van der Waals surface area contributed by atoms with Gasteiger partial charge >= 0.3 is 0 Å². The highest BCUT2D eigenvalue weighted by Gasteiger charge is 2.07. The second-order valence-electron chi connectivity index (χ2n) is 4.88. The van der Waals surface area contributed by atoms with E-state index in [-0.39, 0.29) is 0 Å². The van der Waals surface area contributed by atoms with E-state index in [9.17, 15) is 0 Å². The summed E-state index contributed by atoms with van der Waals surface area (Å²) in [5.74, 6) is 1.06. The fourth-order valence-corrected chi connectivity index (χ4v) is 1.90. The molecule has 100 valence electrons. The largest absolute Gasteiger partial charge is 0.368 e. The summed E-state index contributed by atoms with van der Waals surface area (Å²) in [4.78, 5) is 8.26. The SMILES string of the molecule is CC/C(CC=C(C)C(C)CC)=C1/C=NC(N)=NC1. The van der Waals surface area contributed by atoms with Crippen molar-refractivity contribution < 1.29 is 0 Å². The highest BCUT2D eigenvalue weighted by Crippen LogP contribution is 2.19. The Hall–Kier alpha value is -1.38. The van der Waals surface area contributed by atoms with Crippen molar-refractivity contribution in [1.82, 2.24) is 0 Å². The Morgan fingerprint density at radius 2 is 2.22 bits per heavy atom. The Bertz CT molecular complexity index is 400. The molecule has 1 aliphatic heterocycles. The van der Waals surface area contributed by atoms with Gasteiger partial charge in [-0.2, -0.15) is 0 Å². The molecule has 0 aromatic carbocycles. The minimum atomic E-state index is 0.389. The Balaban J connectivity index is 2.75. The van der Waals surface area contributed by atoms with E-state index in [1.807, 2.05) is 6.21 Å². The van der Waals surface area contributed by atoms with Gasteiger partial charge in [0, 0.05) is 6.21 Å². The lowest BCUT2D eigenvalue weighted by molar-refractivity contribution is 0.652. The summed E-state index contributed by atoms with van der Waals surface area (Å²) in [5, 5.41) is 0. The molecular weight excluding hydrogens is 222 g/mol. The van der Waals surface area contributed by atoms with Crippen molar-refractivity contribution in [3.05, 3.63) is 22.8 Å². The summed E-state index contributed by atoms with van der Waals surface area (Å²) in [7, 11) is 0. The van der Waals surface area contributed by atoms with Crippen molar-refractivity contribution in [2.75, 3.05) is 6.54 Å². The number of hydrogen-bond acceptors (Lipinski definition) is 3. The number of rotatable bonds is 5. The minimum absolute atomic E-state index is 0.389. The van der Waals surface area contributed by atoms with E-state index in [0.717, 1.165) is 12.8 Å². The summed E-state index contributed by atoms with van der Waals surface area (Å²) < 4.78 is 0. The van der Waals surface area contributed by atoms with Crippen LogP contribution in [-0.2, 0) is 0 Å². The first-order valence-electron chi connectivity index (χ1n) is 6.80. The molecule has 1 heterocycles. The first kappa shape index (κ1) is 14.7. The second kappa shape index (κ2) is 7.14. The van der Waals surface area contributed by atoms with Crippen molar-refractivity contribution in [3.63, 3.8) is 0 Å². The third-order valence-corrected chi connectivity index (χ3v) is 3.71. The Morgan fingerprint density at radius 3 is 2.72 bits per heavy atom. The van der Waals surface area contributed by atoms with Gasteiger partial charge < -0.3 is 5.73 Å². The zero-order valence-corrected chi connectivity index (χ0v) is 12.0. The van der Waals surface area contributed by atoms with Crippen molar-refractivity contribution in [2.45, 2.75) is 47.0 Å². The molecular formula is C15H25N3. The molecule has 18 heavy (non-hydrogen) atoms. The van der Waals surface area contributed by atoms with Gasteiger partial charge in [-0.25, -0.2) is 9.98 Å². The molecule has 1 unspecified atom stereocenters. The number of hydrogen-bond donors (Lipinski definition) is 1. The molecule has 0 bridgehead atoms.